The number of amides is 1. The molecule has 1 atom stereocenters. The molecule has 8 nitrogen and oxygen atoms in total. The van der Waals surface area contributed by atoms with E-state index in [1.54, 1.807) is 4.90 Å². The van der Waals surface area contributed by atoms with Gasteiger partial charge in [0.15, 0.2) is 6.10 Å². The third-order valence-corrected chi connectivity index (χ3v) is 4.71. The number of non-ortho nitro benzene ring substituents is 1. The number of hydrogen-bond donors (Lipinski definition) is 0. The highest BCUT2D eigenvalue weighted by molar-refractivity contribution is 5.93. The maximum absolute atomic E-state index is 12.3. The monoisotopic (exact) mass is 371 g/mol. The van der Waals surface area contributed by atoms with Crippen molar-refractivity contribution in [1.82, 2.24) is 9.80 Å². The minimum atomic E-state index is -0.826. The van der Waals surface area contributed by atoms with Gasteiger partial charge in [0.05, 0.1) is 23.6 Å². The van der Waals surface area contributed by atoms with Crippen molar-refractivity contribution in [1.29, 1.82) is 0 Å². The SMILES string of the molecule is O=C(O[C@@H]1CCN(CC#CCN2CCCC2)C1=O)c1ccc([N+](=O)[O-])cc1. The molecular formula is C19H21N3O5. The topological polar surface area (TPSA) is 93.0 Å². The lowest BCUT2D eigenvalue weighted by molar-refractivity contribution is -0.384. The predicted molar refractivity (Wildman–Crippen MR) is 96.9 cm³/mol. The van der Waals surface area contributed by atoms with E-state index in [1.807, 2.05) is 0 Å². The van der Waals surface area contributed by atoms with Crippen LogP contribution in [0.15, 0.2) is 24.3 Å². The Hall–Kier alpha value is -2.92. The third kappa shape index (κ3) is 4.83. The van der Waals surface area contributed by atoms with Crippen LogP contribution in [0.5, 0.6) is 0 Å². The minimum Gasteiger partial charge on any atom is -0.449 e. The molecule has 2 fully saturated rings. The summed E-state index contributed by atoms with van der Waals surface area (Å²) in [6, 6.07) is 5.10. The second kappa shape index (κ2) is 8.64. The molecule has 1 aromatic carbocycles. The van der Waals surface area contributed by atoms with Crippen LogP contribution in [0.3, 0.4) is 0 Å². The van der Waals surface area contributed by atoms with Gasteiger partial charge >= 0.3 is 5.97 Å². The molecule has 1 amide bonds. The number of hydrogen-bond acceptors (Lipinski definition) is 6. The average Bonchev–Trinajstić information content (AvgIpc) is 3.30. The van der Waals surface area contributed by atoms with Crippen molar-refractivity contribution in [3.63, 3.8) is 0 Å². The number of ether oxygens (including phenoxy) is 1. The Kier molecular flexibility index (Phi) is 6.04. The van der Waals surface area contributed by atoms with Gasteiger partial charge in [-0.2, -0.15) is 0 Å². The van der Waals surface area contributed by atoms with Crippen LogP contribution in [-0.4, -0.2) is 65.4 Å². The summed E-state index contributed by atoms with van der Waals surface area (Å²) >= 11 is 0. The second-order valence-corrected chi connectivity index (χ2v) is 6.58. The number of benzene rings is 1. The van der Waals surface area contributed by atoms with Crippen molar-refractivity contribution in [3.05, 3.63) is 39.9 Å². The highest BCUT2D eigenvalue weighted by atomic mass is 16.6. The van der Waals surface area contributed by atoms with Crippen LogP contribution in [0.1, 0.15) is 29.6 Å². The molecule has 27 heavy (non-hydrogen) atoms. The smallest absolute Gasteiger partial charge is 0.338 e. The zero-order chi connectivity index (χ0) is 19.2. The number of carbonyl (C=O) groups excluding carboxylic acids is 2. The zero-order valence-electron chi connectivity index (χ0n) is 14.9. The molecule has 8 heteroatoms. The number of rotatable bonds is 5. The van der Waals surface area contributed by atoms with Gasteiger partial charge in [-0.3, -0.25) is 19.8 Å². The lowest BCUT2D eigenvalue weighted by atomic mass is 10.2. The molecule has 2 aliphatic rings. The van der Waals surface area contributed by atoms with E-state index in [4.69, 9.17) is 4.74 Å². The van der Waals surface area contributed by atoms with Gasteiger partial charge in [0.2, 0.25) is 0 Å². The molecule has 0 unspecified atom stereocenters. The first-order chi connectivity index (χ1) is 13.0. The number of carbonyl (C=O) groups is 2. The van der Waals surface area contributed by atoms with Gasteiger partial charge in [0, 0.05) is 25.1 Å². The molecule has 2 heterocycles. The molecule has 2 saturated heterocycles. The summed E-state index contributed by atoms with van der Waals surface area (Å²) in [4.78, 5) is 38.5. The van der Waals surface area contributed by atoms with Crippen LogP contribution in [0.25, 0.3) is 0 Å². The van der Waals surface area contributed by atoms with Gasteiger partial charge < -0.3 is 9.64 Å². The standard InChI is InChI=1S/C19H21N3O5/c23-18-17(27-19(24)15-5-7-16(8-6-15)22(25)26)9-14-21(18)13-4-3-12-20-10-1-2-11-20/h5-8,17H,1-2,9-14H2/t17-/m1/s1. The maximum Gasteiger partial charge on any atom is 0.338 e. The van der Waals surface area contributed by atoms with Crippen LogP contribution in [0, 0.1) is 22.0 Å². The Morgan fingerprint density at radius 2 is 1.81 bits per heavy atom. The molecule has 0 bridgehead atoms. The van der Waals surface area contributed by atoms with Crippen LogP contribution in [0.4, 0.5) is 5.69 Å². The van der Waals surface area contributed by atoms with E-state index < -0.39 is 17.0 Å². The lowest BCUT2D eigenvalue weighted by Gasteiger charge is -2.14. The summed E-state index contributed by atoms with van der Waals surface area (Å²) in [6.45, 7) is 3.71. The van der Waals surface area contributed by atoms with Crippen molar-refractivity contribution in [2.45, 2.75) is 25.4 Å². The molecule has 0 spiro atoms. The van der Waals surface area contributed by atoms with E-state index in [0.29, 0.717) is 19.5 Å². The fourth-order valence-corrected chi connectivity index (χ4v) is 3.15. The van der Waals surface area contributed by atoms with Crippen LogP contribution in [0.2, 0.25) is 0 Å². The molecule has 1 aromatic rings. The predicted octanol–water partition coefficient (Wildman–Crippen LogP) is 1.45. The summed E-state index contributed by atoms with van der Waals surface area (Å²) in [5.74, 6) is 5.19. The molecule has 0 saturated carbocycles. The number of nitro groups is 1. The molecule has 3 rings (SSSR count). The molecule has 0 aliphatic carbocycles. The van der Waals surface area contributed by atoms with Gasteiger partial charge in [-0.15, -0.1) is 0 Å². The van der Waals surface area contributed by atoms with Crippen LogP contribution in [-0.2, 0) is 9.53 Å². The molecule has 2 aliphatic heterocycles. The van der Waals surface area contributed by atoms with Crippen molar-refractivity contribution < 1.29 is 19.2 Å². The van der Waals surface area contributed by atoms with E-state index in [0.717, 1.165) is 19.6 Å². The Morgan fingerprint density at radius 3 is 2.48 bits per heavy atom. The first-order valence-corrected chi connectivity index (χ1v) is 8.97. The van der Waals surface area contributed by atoms with Crippen LogP contribution >= 0.6 is 0 Å². The van der Waals surface area contributed by atoms with Gasteiger partial charge in [-0.05, 0) is 38.1 Å². The second-order valence-electron chi connectivity index (χ2n) is 6.58. The van der Waals surface area contributed by atoms with E-state index in [9.17, 15) is 19.7 Å². The van der Waals surface area contributed by atoms with Crippen molar-refractivity contribution in [3.8, 4) is 11.8 Å². The lowest BCUT2D eigenvalue weighted by Crippen LogP contribution is -2.32. The first-order valence-electron chi connectivity index (χ1n) is 8.97. The minimum absolute atomic E-state index is 0.109. The Bertz CT molecular complexity index is 775. The molecule has 0 N–H and O–H groups in total. The third-order valence-electron chi connectivity index (χ3n) is 4.71. The van der Waals surface area contributed by atoms with E-state index in [-0.39, 0.29) is 17.2 Å². The van der Waals surface area contributed by atoms with Gasteiger partial charge in [-0.25, -0.2) is 4.79 Å². The van der Waals surface area contributed by atoms with Gasteiger partial charge in [-0.1, -0.05) is 11.8 Å². The first kappa shape index (κ1) is 18.9. The molecule has 142 valence electrons. The number of esters is 1. The number of nitrogens with zero attached hydrogens (tertiary/aromatic N) is 3. The van der Waals surface area contributed by atoms with E-state index >= 15 is 0 Å². The summed E-state index contributed by atoms with van der Waals surface area (Å²) in [7, 11) is 0. The average molecular weight is 371 g/mol. The highest BCUT2D eigenvalue weighted by Crippen LogP contribution is 2.18. The molecule has 0 radical (unpaired) electrons. The molecular weight excluding hydrogens is 350 g/mol. The van der Waals surface area contributed by atoms with Crippen molar-refractivity contribution in [2.75, 3.05) is 32.7 Å². The Labute approximate surface area is 157 Å². The number of nitro benzene ring substituents is 1. The van der Waals surface area contributed by atoms with E-state index in [1.165, 1.54) is 37.1 Å². The quantitative estimate of drug-likeness (QED) is 0.337. The van der Waals surface area contributed by atoms with Crippen molar-refractivity contribution in [2.24, 2.45) is 0 Å². The van der Waals surface area contributed by atoms with Gasteiger partial charge in [0.1, 0.15) is 0 Å². The maximum atomic E-state index is 12.3. The normalized spacial score (nSPS) is 19.6. The zero-order valence-corrected chi connectivity index (χ0v) is 14.9. The van der Waals surface area contributed by atoms with Crippen molar-refractivity contribution >= 4 is 17.6 Å². The fourth-order valence-electron chi connectivity index (χ4n) is 3.15. The fraction of sp³-hybridized carbons (Fsp3) is 0.474. The largest absolute Gasteiger partial charge is 0.449 e. The van der Waals surface area contributed by atoms with Gasteiger partial charge in [0.25, 0.3) is 11.6 Å². The Balaban J connectivity index is 1.48. The number of likely N-dealkylation sites (tertiary alicyclic amines) is 2. The Morgan fingerprint density at radius 1 is 1.15 bits per heavy atom. The van der Waals surface area contributed by atoms with E-state index in [2.05, 4.69) is 16.7 Å². The summed E-state index contributed by atoms with van der Waals surface area (Å²) < 4.78 is 5.27. The summed E-state index contributed by atoms with van der Waals surface area (Å²) in [6.07, 6.45) is 2.03. The summed E-state index contributed by atoms with van der Waals surface area (Å²) in [5.41, 5.74) is 0.0689. The summed E-state index contributed by atoms with van der Waals surface area (Å²) in [5, 5.41) is 10.6. The van der Waals surface area contributed by atoms with Crippen LogP contribution < -0.4 is 0 Å². The molecule has 0 aromatic heterocycles. The highest BCUT2D eigenvalue weighted by Gasteiger charge is 2.34.